The van der Waals surface area contributed by atoms with Crippen LogP contribution in [0.1, 0.15) is 40.3 Å². The van der Waals surface area contributed by atoms with Gasteiger partial charge in [-0.3, -0.25) is 4.79 Å². The first-order chi connectivity index (χ1) is 12.6. The number of amides is 1. The minimum atomic E-state index is -0.572. The Bertz CT molecular complexity index is 886. The smallest absolute Gasteiger partial charge is 0.390 e. The molecule has 2 heterocycles. The average molecular weight is 394 g/mol. The molecule has 9 nitrogen and oxygen atoms in total. The Kier molecular flexibility index (Phi) is 6.32. The lowest BCUT2D eigenvalue weighted by Crippen LogP contribution is -2.25. The molecule has 2 rings (SSSR count). The van der Waals surface area contributed by atoms with Crippen LogP contribution in [-0.4, -0.2) is 33.2 Å². The van der Waals surface area contributed by atoms with E-state index in [0.717, 1.165) is 10.4 Å². The zero-order valence-corrected chi connectivity index (χ0v) is 16.7. The van der Waals surface area contributed by atoms with E-state index in [9.17, 15) is 19.7 Å². The average Bonchev–Trinajstić information content (AvgIpc) is 3.08. The largest absolute Gasteiger partial charge is 0.462 e. The molecule has 0 saturated carbocycles. The number of hydrogen-bond donors (Lipinski definition) is 1. The third-order valence-electron chi connectivity index (χ3n) is 4.15. The third kappa shape index (κ3) is 4.51. The second-order valence-corrected chi connectivity index (χ2v) is 7.41. The van der Waals surface area contributed by atoms with Crippen molar-refractivity contribution in [3.63, 3.8) is 0 Å². The number of nitro groups is 1. The summed E-state index contributed by atoms with van der Waals surface area (Å²) in [6, 6.07) is 1.36. The van der Waals surface area contributed by atoms with Gasteiger partial charge in [0.25, 0.3) is 0 Å². The van der Waals surface area contributed by atoms with Gasteiger partial charge in [0.15, 0.2) is 0 Å². The molecule has 2 aromatic heterocycles. The molecule has 0 aromatic carbocycles. The van der Waals surface area contributed by atoms with Gasteiger partial charge in [0, 0.05) is 4.88 Å². The Hall–Kier alpha value is -2.75. The van der Waals surface area contributed by atoms with Crippen molar-refractivity contribution in [1.29, 1.82) is 0 Å². The summed E-state index contributed by atoms with van der Waals surface area (Å²) < 4.78 is 6.51. The second-order valence-electron chi connectivity index (χ2n) is 6.18. The van der Waals surface area contributed by atoms with E-state index < -0.39 is 16.8 Å². The summed E-state index contributed by atoms with van der Waals surface area (Å²) in [5.41, 5.74) is 1.74. The van der Waals surface area contributed by atoms with E-state index in [1.54, 1.807) is 20.8 Å². The maximum absolute atomic E-state index is 12.6. The summed E-state index contributed by atoms with van der Waals surface area (Å²) in [7, 11) is 0. The predicted octanol–water partition coefficient (Wildman–Crippen LogP) is 3.23. The molecule has 0 bridgehead atoms. The normalized spacial score (nSPS) is 11.9. The standard InChI is InChI=1S/C17H22N4O5S/c1-6-26-17(23)14-11(4)12(5)27-16(14)18-15(22)9(2)8-20-10(3)7-13(19-20)21(24)25/h7,9H,6,8H2,1-5H3,(H,18,22). The van der Waals surface area contributed by atoms with Crippen molar-refractivity contribution >= 4 is 34.0 Å². The van der Waals surface area contributed by atoms with Crippen LogP contribution in [0.15, 0.2) is 6.07 Å². The lowest BCUT2D eigenvalue weighted by atomic mass is 10.1. The lowest BCUT2D eigenvalue weighted by Gasteiger charge is -2.12. The van der Waals surface area contributed by atoms with E-state index in [0.29, 0.717) is 16.3 Å². The van der Waals surface area contributed by atoms with Crippen LogP contribution in [0.25, 0.3) is 0 Å². The number of rotatable bonds is 7. The Morgan fingerprint density at radius 2 is 2.07 bits per heavy atom. The minimum absolute atomic E-state index is 0.184. The number of thiophene rings is 1. The van der Waals surface area contributed by atoms with Crippen LogP contribution in [0, 0.1) is 36.8 Å². The first-order valence-electron chi connectivity index (χ1n) is 8.42. The first-order valence-corrected chi connectivity index (χ1v) is 9.24. The summed E-state index contributed by atoms with van der Waals surface area (Å²) in [5, 5.41) is 17.9. The van der Waals surface area contributed by atoms with Crippen molar-refractivity contribution in [2.24, 2.45) is 5.92 Å². The number of aromatic nitrogens is 2. The minimum Gasteiger partial charge on any atom is -0.462 e. The summed E-state index contributed by atoms with van der Waals surface area (Å²) in [5.74, 6) is -1.55. The maximum atomic E-state index is 12.6. The van der Waals surface area contributed by atoms with E-state index in [1.807, 2.05) is 13.8 Å². The molecule has 0 aliphatic rings. The number of aryl methyl sites for hydroxylation is 2. The molecule has 146 valence electrons. The van der Waals surface area contributed by atoms with Gasteiger partial charge in [-0.25, -0.2) is 4.79 Å². The number of nitrogens with one attached hydrogen (secondary N) is 1. The van der Waals surface area contributed by atoms with Gasteiger partial charge in [-0.15, -0.1) is 11.3 Å². The van der Waals surface area contributed by atoms with Gasteiger partial charge in [-0.05, 0) is 38.2 Å². The van der Waals surface area contributed by atoms with E-state index >= 15 is 0 Å². The van der Waals surface area contributed by atoms with Crippen molar-refractivity contribution in [3.8, 4) is 0 Å². The third-order valence-corrected chi connectivity index (χ3v) is 5.27. The quantitative estimate of drug-likeness (QED) is 0.438. The van der Waals surface area contributed by atoms with Crippen LogP contribution < -0.4 is 5.32 Å². The zero-order chi connectivity index (χ0) is 20.3. The number of esters is 1. The highest BCUT2D eigenvalue weighted by Crippen LogP contribution is 2.33. The summed E-state index contributed by atoms with van der Waals surface area (Å²) in [6.07, 6.45) is 0. The fourth-order valence-corrected chi connectivity index (χ4v) is 3.56. The van der Waals surface area contributed by atoms with Crippen LogP contribution in [0.3, 0.4) is 0 Å². The van der Waals surface area contributed by atoms with Crippen molar-refractivity contribution in [3.05, 3.63) is 37.9 Å². The molecule has 27 heavy (non-hydrogen) atoms. The fraction of sp³-hybridized carbons (Fsp3) is 0.471. The lowest BCUT2D eigenvalue weighted by molar-refractivity contribution is -0.389. The topological polar surface area (TPSA) is 116 Å². The van der Waals surface area contributed by atoms with E-state index in [-0.39, 0.29) is 24.9 Å². The molecule has 0 radical (unpaired) electrons. The van der Waals surface area contributed by atoms with Crippen LogP contribution in [0.2, 0.25) is 0 Å². The molecule has 0 aliphatic carbocycles. The molecular weight excluding hydrogens is 372 g/mol. The molecule has 0 aliphatic heterocycles. The molecule has 0 fully saturated rings. The van der Waals surface area contributed by atoms with Gasteiger partial charge >= 0.3 is 11.8 Å². The van der Waals surface area contributed by atoms with E-state index in [2.05, 4.69) is 10.4 Å². The van der Waals surface area contributed by atoms with Crippen LogP contribution in [0.5, 0.6) is 0 Å². The molecule has 1 amide bonds. The van der Waals surface area contributed by atoms with Crippen LogP contribution >= 0.6 is 11.3 Å². The van der Waals surface area contributed by atoms with Crippen molar-refractivity contribution in [2.45, 2.75) is 41.2 Å². The Labute approximate surface area is 160 Å². The highest BCUT2D eigenvalue weighted by atomic mass is 32.1. The number of ether oxygens (including phenoxy) is 1. The molecule has 0 spiro atoms. The molecule has 1 atom stereocenters. The molecule has 1 unspecified atom stereocenters. The number of carbonyl (C=O) groups is 2. The fourth-order valence-electron chi connectivity index (χ4n) is 2.51. The van der Waals surface area contributed by atoms with Gasteiger partial charge in [0.2, 0.25) is 5.91 Å². The number of anilines is 1. The van der Waals surface area contributed by atoms with Gasteiger partial charge < -0.3 is 20.2 Å². The van der Waals surface area contributed by atoms with Gasteiger partial charge in [-0.2, -0.15) is 4.68 Å². The van der Waals surface area contributed by atoms with Gasteiger partial charge in [0.05, 0.1) is 41.5 Å². The van der Waals surface area contributed by atoms with Gasteiger partial charge in [-0.1, -0.05) is 6.92 Å². The number of nitrogens with zero attached hydrogens (tertiary/aromatic N) is 3. The van der Waals surface area contributed by atoms with Crippen molar-refractivity contribution in [2.75, 3.05) is 11.9 Å². The Balaban J connectivity index is 2.16. The summed E-state index contributed by atoms with van der Waals surface area (Å²) in [4.78, 5) is 36.0. The summed E-state index contributed by atoms with van der Waals surface area (Å²) >= 11 is 1.31. The maximum Gasteiger partial charge on any atom is 0.390 e. The highest BCUT2D eigenvalue weighted by Gasteiger charge is 2.25. The first kappa shape index (κ1) is 20.6. The van der Waals surface area contributed by atoms with Crippen LogP contribution in [0.4, 0.5) is 10.8 Å². The van der Waals surface area contributed by atoms with Crippen molar-refractivity contribution < 1.29 is 19.2 Å². The summed E-state index contributed by atoms with van der Waals surface area (Å²) in [6.45, 7) is 9.21. The van der Waals surface area contributed by atoms with E-state index in [4.69, 9.17) is 4.74 Å². The molecule has 0 saturated heterocycles. The van der Waals surface area contributed by atoms with E-state index in [1.165, 1.54) is 22.1 Å². The van der Waals surface area contributed by atoms with Crippen molar-refractivity contribution in [1.82, 2.24) is 9.78 Å². The zero-order valence-electron chi connectivity index (χ0n) is 15.9. The molecule has 1 N–H and O–H groups in total. The molecular formula is C17H22N4O5S. The predicted molar refractivity (Wildman–Crippen MR) is 101 cm³/mol. The van der Waals surface area contributed by atoms with Crippen LogP contribution in [-0.2, 0) is 16.1 Å². The molecule has 10 heteroatoms. The second kappa shape index (κ2) is 8.30. The van der Waals surface area contributed by atoms with Gasteiger partial charge in [0.1, 0.15) is 5.00 Å². The highest BCUT2D eigenvalue weighted by molar-refractivity contribution is 7.16. The number of carbonyl (C=O) groups excluding carboxylic acids is 2. The SMILES string of the molecule is CCOC(=O)c1c(NC(=O)C(C)Cn2nc([N+](=O)[O-])cc2C)sc(C)c1C. The molecule has 2 aromatic rings. The Morgan fingerprint density at radius 3 is 2.63 bits per heavy atom. The monoisotopic (exact) mass is 394 g/mol. The number of hydrogen-bond acceptors (Lipinski definition) is 7. The Morgan fingerprint density at radius 1 is 1.41 bits per heavy atom.